The number of anilines is 1. The van der Waals surface area contributed by atoms with E-state index in [4.69, 9.17) is 5.14 Å². The van der Waals surface area contributed by atoms with Gasteiger partial charge in [0.15, 0.2) is 0 Å². The van der Waals surface area contributed by atoms with Gasteiger partial charge in [-0.3, -0.25) is 9.59 Å². The number of carbonyl (C=O) groups is 2. The van der Waals surface area contributed by atoms with Crippen LogP contribution in [0.4, 0.5) is 5.69 Å². The highest BCUT2D eigenvalue weighted by atomic mass is 32.2. The predicted molar refractivity (Wildman–Crippen MR) is 113 cm³/mol. The average Bonchev–Trinajstić information content (AvgIpc) is 2.71. The lowest BCUT2D eigenvalue weighted by molar-refractivity contribution is -0.125. The summed E-state index contributed by atoms with van der Waals surface area (Å²) in [5.41, 5.74) is 1.80. The Morgan fingerprint density at radius 3 is 2.52 bits per heavy atom. The number of benzene rings is 2. The molecule has 1 aliphatic rings. The van der Waals surface area contributed by atoms with Gasteiger partial charge >= 0.3 is 0 Å². The Balaban J connectivity index is 1.43. The Morgan fingerprint density at radius 2 is 1.79 bits per heavy atom. The summed E-state index contributed by atoms with van der Waals surface area (Å²) in [5, 5.41) is 7.86. The number of amides is 2. The molecule has 3 rings (SSSR count). The third-order valence-corrected chi connectivity index (χ3v) is 6.56. The molecule has 7 nitrogen and oxygen atoms in total. The number of fused-ring (bicyclic) bond motifs is 1. The fraction of sp³-hybridized carbons (Fsp3) is 0.300. The molecule has 0 aromatic heterocycles. The Kier molecular flexibility index (Phi) is 6.94. The monoisotopic (exact) mass is 433 g/mol. The summed E-state index contributed by atoms with van der Waals surface area (Å²) in [4.78, 5) is 27.5. The molecular weight excluding hydrogens is 410 g/mol. The molecule has 2 amide bonds. The van der Waals surface area contributed by atoms with Gasteiger partial charge in [-0.1, -0.05) is 24.3 Å². The number of hydrogen-bond donors (Lipinski definition) is 2. The van der Waals surface area contributed by atoms with Crippen molar-refractivity contribution in [3.05, 3.63) is 54.1 Å². The lowest BCUT2D eigenvalue weighted by Gasteiger charge is -2.29. The van der Waals surface area contributed by atoms with Crippen molar-refractivity contribution in [3.63, 3.8) is 0 Å². The maximum Gasteiger partial charge on any atom is 0.238 e. The summed E-state index contributed by atoms with van der Waals surface area (Å²) >= 11 is 1.73. The molecule has 0 fully saturated rings. The van der Waals surface area contributed by atoms with Crippen molar-refractivity contribution in [1.29, 1.82) is 0 Å². The molecule has 0 bridgehead atoms. The van der Waals surface area contributed by atoms with E-state index in [9.17, 15) is 18.0 Å². The van der Waals surface area contributed by atoms with Gasteiger partial charge in [0.1, 0.15) is 0 Å². The molecular formula is C20H23N3O4S2. The van der Waals surface area contributed by atoms with Crippen molar-refractivity contribution in [2.45, 2.75) is 29.1 Å². The summed E-state index contributed by atoms with van der Waals surface area (Å²) in [7, 11) is -3.70. The van der Waals surface area contributed by atoms with E-state index in [2.05, 4.69) is 5.32 Å². The smallest absolute Gasteiger partial charge is 0.238 e. The first-order valence-electron chi connectivity index (χ1n) is 9.25. The van der Waals surface area contributed by atoms with Crippen molar-refractivity contribution < 1.29 is 18.0 Å². The van der Waals surface area contributed by atoms with Crippen LogP contribution in [0.1, 0.15) is 18.4 Å². The first-order chi connectivity index (χ1) is 13.8. The van der Waals surface area contributed by atoms with Crippen LogP contribution in [-0.4, -0.2) is 39.1 Å². The van der Waals surface area contributed by atoms with Gasteiger partial charge in [0.2, 0.25) is 21.8 Å². The number of nitrogens with zero attached hydrogens (tertiary/aromatic N) is 1. The first-order valence-corrected chi connectivity index (χ1v) is 11.8. The van der Waals surface area contributed by atoms with E-state index in [0.717, 1.165) is 21.9 Å². The molecule has 3 N–H and O–H groups in total. The van der Waals surface area contributed by atoms with Crippen LogP contribution in [0.5, 0.6) is 0 Å². The minimum absolute atomic E-state index is 0.0496. The van der Waals surface area contributed by atoms with Crippen LogP contribution in [-0.2, 0) is 26.0 Å². The molecule has 29 heavy (non-hydrogen) atoms. The molecule has 1 aliphatic heterocycles. The van der Waals surface area contributed by atoms with E-state index in [1.807, 2.05) is 24.3 Å². The van der Waals surface area contributed by atoms with Crippen LogP contribution in [0.15, 0.2) is 58.3 Å². The van der Waals surface area contributed by atoms with Crippen LogP contribution in [0.25, 0.3) is 0 Å². The topological polar surface area (TPSA) is 110 Å². The van der Waals surface area contributed by atoms with Crippen molar-refractivity contribution in [3.8, 4) is 0 Å². The normalized spacial score (nSPS) is 13.6. The van der Waals surface area contributed by atoms with E-state index >= 15 is 0 Å². The summed E-state index contributed by atoms with van der Waals surface area (Å²) in [6.07, 6.45) is 0.851. The highest BCUT2D eigenvalue weighted by Crippen LogP contribution is 2.34. The zero-order chi connectivity index (χ0) is 20.9. The Bertz CT molecular complexity index is 991. The van der Waals surface area contributed by atoms with Gasteiger partial charge < -0.3 is 10.2 Å². The minimum atomic E-state index is -3.70. The number of carbonyl (C=O) groups excluding carboxylic acids is 2. The van der Waals surface area contributed by atoms with E-state index in [-0.39, 0.29) is 29.6 Å². The first kappa shape index (κ1) is 21.4. The molecule has 9 heteroatoms. The Morgan fingerprint density at radius 1 is 1.07 bits per heavy atom. The van der Waals surface area contributed by atoms with Gasteiger partial charge in [-0.2, -0.15) is 0 Å². The molecule has 154 valence electrons. The maximum absolute atomic E-state index is 12.6. The summed E-state index contributed by atoms with van der Waals surface area (Å²) in [6.45, 7) is 1.06. The molecule has 0 radical (unpaired) electrons. The molecule has 0 spiro atoms. The van der Waals surface area contributed by atoms with Crippen LogP contribution >= 0.6 is 11.8 Å². The highest BCUT2D eigenvalue weighted by molar-refractivity contribution is 7.99. The van der Waals surface area contributed by atoms with Gasteiger partial charge in [0, 0.05) is 36.6 Å². The number of primary sulfonamides is 1. The predicted octanol–water partition coefficient (Wildman–Crippen LogP) is 1.91. The number of thioether (sulfide) groups is 1. The third kappa shape index (κ3) is 5.81. The SMILES string of the molecule is NS(=O)(=O)c1ccc(CCNC(=O)CCC(=O)N2CCSc3ccccc32)cc1. The second kappa shape index (κ2) is 9.43. The standard InChI is InChI=1S/C20H23N3O4S2/c21-29(26,27)16-7-5-15(6-8-16)11-12-22-19(24)9-10-20(25)23-13-14-28-18-4-2-1-3-17(18)23/h1-8H,9-14H2,(H,22,24)(H2,21,26,27). The molecule has 0 aliphatic carbocycles. The van der Waals surface area contributed by atoms with Gasteiger partial charge in [0.25, 0.3) is 0 Å². The zero-order valence-corrected chi connectivity index (χ0v) is 17.5. The van der Waals surface area contributed by atoms with E-state index in [1.54, 1.807) is 28.8 Å². The van der Waals surface area contributed by atoms with Crippen molar-refractivity contribution >= 4 is 39.3 Å². The minimum Gasteiger partial charge on any atom is -0.356 e. The molecule has 0 atom stereocenters. The molecule has 2 aromatic carbocycles. The van der Waals surface area contributed by atoms with Crippen LogP contribution in [0.2, 0.25) is 0 Å². The zero-order valence-electron chi connectivity index (χ0n) is 15.8. The summed E-state index contributed by atoms with van der Waals surface area (Å²) < 4.78 is 22.5. The quantitative estimate of drug-likeness (QED) is 0.693. The molecule has 0 saturated carbocycles. The number of nitrogens with two attached hydrogens (primary N) is 1. The van der Waals surface area contributed by atoms with Gasteiger partial charge in [-0.25, -0.2) is 13.6 Å². The molecule has 2 aromatic rings. The molecule has 0 unspecified atom stereocenters. The lowest BCUT2D eigenvalue weighted by atomic mass is 10.1. The summed E-state index contributed by atoms with van der Waals surface area (Å²) in [5.74, 6) is 0.616. The third-order valence-electron chi connectivity index (χ3n) is 4.58. The fourth-order valence-electron chi connectivity index (χ4n) is 3.06. The van der Waals surface area contributed by atoms with Crippen molar-refractivity contribution in [1.82, 2.24) is 5.32 Å². The second-order valence-electron chi connectivity index (χ2n) is 6.65. The van der Waals surface area contributed by atoms with E-state index in [0.29, 0.717) is 19.5 Å². The molecule has 0 saturated heterocycles. The highest BCUT2D eigenvalue weighted by Gasteiger charge is 2.22. The van der Waals surface area contributed by atoms with E-state index in [1.165, 1.54) is 12.1 Å². The van der Waals surface area contributed by atoms with Gasteiger partial charge in [-0.15, -0.1) is 11.8 Å². The van der Waals surface area contributed by atoms with Gasteiger partial charge in [-0.05, 0) is 36.2 Å². The number of rotatable bonds is 7. The lowest BCUT2D eigenvalue weighted by Crippen LogP contribution is -2.36. The Labute approximate surface area is 174 Å². The van der Waals surface area contributed by atoms with Crippen LogP contribution in [0, 0.1) is 0 Å². The molecule has 1 heterocycles. The largest absolute Gasteiger partial charge is 0.356 e. The van der Waals surface area contributed by atoms with Gasteiger partial charge in [0.05, 0.1) is 10.6 Å². The number of nitrogens with one attached hydrogen (secondary N) is 1. The average molecular weight is 434 g/mol. The maximum atomic E-state index is 12.6. The number of sulfonamides is 1. The van der Waals surface area contributed by atoms with Crippen LogP contribution < -0.4 is 15.4 Å². The summed E-state index contributed by atoms with van der Waals surface area (Å²) in [6, 6.07) is 14.0. The van der Waals surface area contributed by atoms with Crippen molar-refractivity contribution in [2.75, 3.05) is 23.7 Å². The van der Waals surface area contributed by atoms with Crippen LogP contribution in [0.3, 0.4) is 0 Å². The van der Waals surface area contributed by atoms with E-state index < -0.39 is 10.0 Å². The number of para-hydroxylation sites is 1. The fourth-order valence-corrected chi connectivity index (χ4v) is 4.57. The Hall–Kier alpha value is -2.36. The number of hydrogen-bond acceptors (Lipinski definition) is 5. The second-order valence-corrected chi connectivity index (χ2v) is 9.35. The van der Waals surface area contributed by atoms with Crippen molar-refractivity contribution in [2.24, 2.45) is 5.14 Å².